The first kappa shape index (κ1) is 35.0. The van der Waals surface area contributed by atoms with Crippen LogP contribution in [-0.2, 0) is 40.2 Å². The van der Waals surface area contributed by atoms with E-state index >= 15 is 0 Å². The zero-order valence-electron chi connectivity index (χ0n) is 28.4. The van der Waals surface area contributed by atoms with Gasteiger partial charge in [0, 0.05) is 17.5 Å². The lowest BCUT2D eigenvalue weighted by Crippen LogP contribution is -2.40. The molecule has 0 aliphatic rings. The van der Waals surface area contributed by atoms with Crippen LogP contribution in [0.3, 0.4) is 0 Å². The lowest BCUT2D eigenvalue weighted by Gasteiger charge is -2.36. The number of hydrogen-bond acceptors (Lipinski definition) is 5. The zero-order valence-corrected chi connectivity index (χ0v) is 29.4. The summed E-state index contributed by atoms with van der Waals surface area (Å²) in [7, 11) is -1.95. The quantitative estimate of drug-likeness (QED) is 0.0694. The Labute approximate surface area is 277 Å². The molecule has 0 amide bonds. The molecule has 0 aromatic heterocycles. The summed E-state index contributed by atoms with van der Waals surface area (Å²) in [6, 6.07) is 33.2. The van der Waals surface area contributed by atoms with Crippen molar-refractivity contribution in [2.45, 2.75) is 91.3 Å². The second-order valence-electron chi connectivity index (χ2n) is 13.3. The summed E-state index contributed by atoms with van der Waals surface area (Å²) in [5.74, 6) is 1.46. The predicted octanol–water partition coefficient (Wildman–Crippen LogP) is 10.3. The summed E-state index contributed by atoms with van der Waals surface area (Å²) in [6.45, 7) is 15.1. The first-order valence-electron chi connectivity index (χ1n) is 16.4. The molecule has 0 radical (unpaired) electrons. The van der Waals surface area contributed by atoms with Gasteiger partial charge in [0.2, 0.25) is 0 Å². The summed E-state index contributed by atoms with van der Waals surface area (Å²) < 4.78 is 24.7. The molecular formula is C40H50O5Si. The third-order valence-electron chi connectivity index (χ3n) is 8.66. The van der Waals surface area contributed by atoms with Gasteiger partial charge in [-0.2, -0.15) is 0 Å². The van der Waals surface area contributed by atoms with Gasteiger partial charge >= 0.3 is 5.97 Å². The summed E-state index contributed by atoms with van der Waals surface area (Å²) in [6.07, 6.45) is 2.96. The van der Waals surface area contributed by atoms with Crippen LogP contribution >= 0.6 is 0 Å². The monoisotopic (exact) mass is 638 g/mol. The molecule has 0 aliphatic heterocycles. The Hall–Kier alpha value is -3.87. The Morgan fingerprint density at radius 1 is 0.652 bits per heavy atom. The maximum absolute atomic E-state index is 11.9. The van der Waals surface area contributed by atoms with E-state index in [0.29, 0.717) is 32.8 Å². The molecule has 4 aromatic rings. The fraction of sp³-hybridized carbons (Fsp3) is 0.375. The van der Waals surface area contributed by atoms with Crippen molar-refractivity contribution < 1.29 is 23.4 Å². The Kier molecular flexibility index (Phi) is 12.6. The summed E-state index contributed by atoms with van der Waals surface area (Å²) in [5, 5.41) is 0.120. The van der Waals surface area contributed by atoms with E-state index in [0.717, 1.165) is 58.6 Å². The van der Waals surface area contributed by atoms with E-state index in [4.69, 9.17) is 18.6 Å². The van der Waals surface area contributed by atoms with Crippen LogP contribution in [0, 0.1) is 0 Å². The minimum atomic E-state index is -1.95. The molecule has 0 atom stereocenters. The molecule has 0 saturated carbocycles. The van der Waals surface area contributed by atoms with E-state index in [2.05, 4.69) is 94.5 Å². The molecule has 4 aromatic carbocycles. The van der Waals surface area contributed by atoms with Crippen molar-refractivity contribution in [3.05, 3.63) is 119 Å². The summed E-state index contributed by atoms with van der Waals surface area (Å²) in [5.41, 5.74) is 6.45. The average molecular weight is 639 g/mol. The van der Waals surface area contributed by atoms with Gasteiger partial charge in [-0.1, -0.05) is 93.6 Å². The SMILES string of the molecule is CCOC(=O)CCCCc1ccc(OCc2ccccc2)c(-c2cc(CO[Si](C)(C)C(C)(C)C)ccc2OCc2ccccc2)c1. The minimum absolute atomic E-state index is 0.120. The molecule has 0 unspecified atom stereocenters. The van der Waals surface area contributed by atoms with Crippen molar-refractivity contribution in [3.8, 4) is 22.6 Å². The van der Waals surface area contributed by atoms with Crippen LogP contribution in [0.15, 0.2) is 97.1 Å². The molecule has 244 valence electrons. The van der Waals surface area contributed by atoms with E-state index < -0.39 is 8.32 Å². The van der Waals surface area contributed by atoms with Gasteiger partial charge in [-0.25, -0.2) is 0 Å². The summed E-state index contributed by atoms with van der Waals surface area (Å²) >= 11 is 0. The largest absolute Gasteiger partial charge is 0.488 e. The van der Waals surface area contributed by atoms with Crippen LogP contribution in [0.4, 0.5) is 0 Å². The van der Waals surface area contributed by atoms with Crippen LogP contribution < -0.4 is 9.47 Å². The molecule has 5 nitrogen and oxygen atoms in total. The zero-order chi connectivity index (χ0) is 33.0. The standard InChI is InChI=1S/C40H50O5Si/c1-7-42-39(41)21-15-14-16-31-22-24-37(43-28-32-17-10-8-11-18-32)35(26-31)36-27-34(30-45-46(5,6)40(2,3)4)23-25-38(36)44-29-33-19-12-9-13-20-33/h8-13,17-20,22-27H,7,14-16,21,28-30H2,1-6H3. The van der Waals surface area contributed by atoms with Crippen molar-refractivity contribution in [1.82, 2.24) is 0 Å². The Morgan fingerprint density at radius 3 is 1.70 bits per heavy atom. The molecule has 0 bridgehead atoms. The van der Waals surface area contributed by atoms with Crippen LogP contribution in [-0.4, -0.2) is 20.9 Å². The number of benzene rings is 4. The average Bonchev–Trinajstić information content (AvgIpc) is 3.05. The minimum Gasteiger partial charge on any atom is -0.488 e. The van der Waals surface area contributed by atoms with Gasteiger partial charge in [-0.15, -0.1) is 0 Å². The number of aryl methyl sites for hydroxylation is 1. The Morgan fingerprint density at radius 2 is 1.17 bits per heavy atom. The molecule has 46 heavy (non-hydrogen) atoms. The normalized spacial score (nSPS) is 11.7. The first-order chi connectivity index (χ1) is 22.1. The van der Waals surface area contributed by atoms with Crippen LogP contribution in [0.5, 0.6) is 11.5 Å². The van der Waals surface area contributed by atoms with Crippen molar-refractivity contribution in [1.29, 1.82) is 0 Å². The van der Waals surface area contributed by atoms with E-state index in [-0.39, 0.29) is 11.0 Å². The number of unbranched alkanes of at least 4 members (excludes halogenated alkanes) is 1. The lowest BCUT2D eigenvalue weighted by molar-refractivity contribution is -0.143. The highest BCUT2D eigenvalue weighted by Gasteiger charge is 2.37. The maximum Gasteiger partial charge on any atom is 0.305 e. The number of hydrogen-bond donors (Lipinski definition) is 0. The fourth-order valence-corrected chi connectivity index (χ4v) is 5.82. The van der Waals surface area contributed by atoms with Crippen molar-refractivity contribution >= 4 is 14.3 Å². The molecule has 0 N–H and O–H groups in total. The number of carbonyl (C=O) groups is 1. The van der Waals surface area contributed by atoms with E-state index in [1.807, 2.05) is 43.3 Å². The number of carbonyl (C=O) groups excluding carboxylic acids is 1. The van der Waals surface area contributed by atoms with Crippen LogP contribution in [0.25, 0.3) is 11.1 Å². The van der Waals surface area contributed by atoms with Crippen LogP contribution in [0.2, 0.25) is 18.1 Å². The third kappa shape index (κ3) is 10.3. The van der Waals surface area contributed by atoms with E-state index in [1.165, 1.54) is 5.56 Å². The highest BCUT2D eigenvalue weighted by atomic mass is 28.4. The van der Waals surface area contributed by atoms with Gasteiger partial charge in [0.1, 0.15) is 24.7 Å². The van der Waals surface area contributed by atoms with Crippen LogP contribution in [0.1, 0.15) is 69.2 Å². The van der Waals surface area contributed by atoms with Crippen molar-refractivity contribution in [2.75, 3.05) is 6.61 Å². The van der Waals surface area contributed by atoms with Gasteiger partial charge in [-0.05, 0) is 90.8 Å². The van der Waals surface area contributed by atoms with Crippen molar-refractivity contribution in [2.24, 2.45) is 0 Å². The second kappa shape index (κ2) is 16.6. The lowest BCUT2D eigenvalue weighted by atomic mass is 9.97. The smallest absolute Gasteiger partial charge is 0.305 e. The number of esters is 1. The molecule has 0 fully saturated rings. The maximum atomic E-state index is 11.9. The molecule has 0 heterocycles. The molecule has 0 spiro atoms. The van der Waals surface area contributed by atoms with Gasteiger partial charge in [0.15, 0.2) is 8.32 Å². The first-order valence-corrected chi connectivity index (χ1v) is 19.4. The highest BCUT2D eigenvalue weighted by molar-refractivity contribution is 6.74. The van der Waals surface area contributed by atoms with Gasteiger partial charge in [-0.3, -0.25) is 4.79 Å². The second-order valence-corrected chi connectivity index (χ2v) is 18.1. The summed E-state index contributed by atoms with van der Waals surface area (Å²) in [4.78, 5) is 11.9. The molecule has 4 rings (SSSR count). The molecular weight excluding hydrogens is 589 g/mol. The molecule has 0 aliphatic carbocycles. The topological polar surface area (TPSA) is 54.0 Å². The highest BCUT2D eigenvalue weighted by Crippen LogP contribution is 2.41. The predicted molar refractivity (Wildman–Crippen MR) is 190 cm³/mol. The number of ether oxygens (including phenoxy) is 3. The van der Waals surface area contributed by atoms with Gasteiger partial charge < -0.3 is 18.6 Å². The Balaban J connectivity index is 1.68. The third-order valence-corrected chi connectivity index (χ3v) is 13.1. The van der Waals surface area contributed by atoms with E-state index in [9.17, 15) is 4.79 Å². The molecule has 6 heteroatoms. The van der Waals surface area contributed by atoms with Crippen molar-refractivity contribution in [3.63, 3.8) is 0 Å². The fourth-order valence-electron chi connectivity index (χ4n) is 4.85. The van der Waals surface area contributed by atoms with E-state index in [1.54, 1.807) is 0 Å². The Bertz CT molecular complexity index is 1530. The number of rotatable bonds is 16. The van der Waals surface area contributed by atoms with Gasteiger partial charge in [0.05, 0.1) is 13.2 Å². The van der Waals surface area contributed by atoms with Gasteiger partial charge in [0.25, 0.3) is 0 Å². The molecule has 0 saturated heterocycles.